The quantitative estimate of drug-likeness (QED) is 0.618. The zero-order chi connectivity index (χ0) is 23.9. The molecule has 9 nitrogen and oxygen atoms in total. The standard InChI is InChI=1S/C26H35N7O2/c1-16-11-24(31-30-16)28-23-15-21(22-7-4-10-35-22)27-26(29-23)32(2)20-13-18-5-3-6-19(14-20)33(18)25(34)12-17-8-9-17/h7,11,15,17-20H,3-6,8-10,12-14H2,1-2H3,(H2,27,28,29,30,31)/t18-,19+,20?. The van der Waals surface area contributed by atoms with E-state index < -0.39 is 0 Å². The Bertz CT molecular complexity index is 1110. The van der Waals surface area contributed by atoms with Gasteiger partial charge in [-0.1, -0.05) is 0 Å². The zero-order valence-corrected chi connectivity index (χ0v) is 20.7. The zero-order valence-electron chi connectivity index (χ0n) is 20.7. The molecule has 9 heteroatoms. The average Bonchev–Trinajstić information content (AvgIpc) is 3.30. The maximum Gasteiger partial charge on any atom is 0.227 e. The van der Waals surface area contributed by atoms with Crippen LogP contribution in [0, 0.1) is 12.8 Å². The summed E-state index contributed by atoms with van der Waals surface area (Å²) in [7, 11) is 2.09. The number of carbonyl (C=O) groups is 1. The number of hydrogen-bond acceptors (Lipinski definition) is 7. The van der Waals surface area contributed by atoms with E-state index in [-0.39, 0.29) is 0 Å². The number of aromatic nitrogens is 4. The van der Waals surface area contributed by atoms with Gasteiger partial charge in [-0.05, 0) is 63.9 Å². The number of carbonyl (C=O) groups excluding carboxylic acids is 1. The first-order valence-corrected chi connectivity index (χ1v) is 13.1. The second-order valence-electron chi connectivity index (χ2n) is 10.6. The summed E-state index contributed by atoms with van der Waals surface area (Å²) in [5.74, 6) is 3.91. The summed E-state index contributed by atoms with van der Waals surface area (Å²) in [6.45, 7) is 2.65. The van der Waals surface area contributed by atoms with Crippen LogP contribution in [0.4, 0.5) is 17.6 Å². The van der Waals surface area contributed by atoms with Gasteiger partial charge in [0.25, 0.3) is 0 Å². The first kappa shape index (κ1) is 22.4. The van der Waals surface area contributed by atoms with E-state index in [1.165, 1.54) is 19.3 Å². The lowest BCUT2D eigenvalue weighted by Crippen LogP contribution is -2.58. The molecule has 1 amide bonds. The molecule has 3 aliphatic heterocycles. The molecule has 3 fully saturated rings. The highest BCUT2D eigenvalue weighted by molar-refractivity contribution is 5.78. The summed E-state index contributed by atoms with van der Waals surface area (Å²) >= 11 is 0. The van der Waals surface area contributed by atoms with E-state index in [1.54, 1.807) is 0 Å². The minimum atomic E-state index is 0.296. The van der Waals surface area contributed by atoms with Crippen LogP contribution in [0.1, 0.15) is 69.2 Å². The smallest absolute Gasteiger partial charge is 0.227 e. The molecular formula is C26H35N7O2. The van der Waals surface area contributed by atoms with Crippen molar-refractivity contribution in [3.63, 3.8) is 0 Å². The molecule has 1 saturated carbocycles. The number of piperidine rings is 2. The Morgan fingerprint density at radius 2 is 1.97 bits per heavy atom. The van der Waals surface area contributed by atoms with Crippen LogP contribution < -0.4 is 10.2 Å². The van der Waals surface area contributed by atoms with Gasteiger partial charge in [0, 0.05) is 55.8 Å². The topological polar surface area (TPSA) is 99.3 Å². The second kappa shape index (κ2) is 9.17. The molecule has 0 radical (unpaired) electrons. The fourth-order valence-electron chi connectivity index (χ4n) is 5.91. The molecular weight excluding hydrogens is 442 g/mol. The molecule has 35 heavy (non-hydrogen) atoms. The third-order valence-electron chi connectivity index (χ3n) is 7.90. The Morgan fingerprint density at radius 1 is 1.17 bits per heavy atom. The normalized spacial score (nSPS) is 25.7. The molecule has 6 rings (SSSR count). The van der Waals surface area contributed by atoms with Gasteiger partial charge in [0.05, 0.1) is 6.61 Å². The van der Waals surface area contributed by atoms with Crippen molar-refractivity contribution in [2.45, 2.75) is 82.8 Å². The molecule has 2 aromatic heterocycles. The number of aryl methyl sites for hydroxylation is 1. The molecule has 5 heterocycles. The monoisotopic (exact) mass is 477 g/mol. The number of anilines is 3. The van der Waals surface area contributed by atoms with Crippen LogP contribution in [0.15, 0.2) is 18.2 Å². The van der Waals surface area contributed by atoms with Gasteiger partial charge in [0.15, 0.2) is 5.82 Å². The number of ether oxygens (including phenoxy) is 1. The van der Waals surface area contributed by atoms with Crippen LogP contribution in [0.25, 0.3) is 5.76 Å². The summed E-state index contributed by atoms with van der Waals surface area (Å²) < 4.78 is 5.82. The molecule has 186 valence electrons. The van der Waals surface area contributed by atoms with Gasteiger partial charge in [0.1, 0.15) is 17.3 Å². The highest BCUT2D eigenvalue weighted by atomic mass is 16.5. The highest BCUT2D eigenvalue weighted by Crippen LogP contribution is 2.40. The van der Waals surface area contributed by atoms with E-state index in [9.17, 15) is 4.79 Å². The van der Waals surface area contributed by atoms with Gasteiger partial charge in [-0.3, -0.25) is 9.89 Å². The van der Waals surface area contributed by atoms with Crippen molar-refractivity contribution in [1.82, 2.24) is 25.1 Å². The fourth-order valence-corrected chi connectivity index (χ4v) is 5.91. The first-order valence-electron chi connectivity index (χ1n) is 13.1. The van der Waals surface area contributed by atoms with Crippen molar-refractivity contribution in [3.8, 4) is 0 Å². The van der Waals surface area contributed by atoms with E-state index in [4.69, 9.17) is 14.7 Å². The molecule has 3 atom stereocenters. The number of amides is 1. The Kier molecular flexibility index (Phi) is 5.86. The summed E-state index contributed by atoms with van der Waals surface area (Å²) in [5.41, 5.74) is 1.77. The number of fused-ring (bicyclic) bond motifs is 2. The number of rotatable bonds is 7. The van der Waals surface area contributed by atoms with Gasteiger partial charge < -0.3 is 19.9 Å². The van der Waals surface area contributed by atoms with E-state index >= 15 is 0 Å². The molecule has 2 aromatic rings. The Hall–Kier alpha value is -3.10. The molecule has 4 aliphatic rings. The summed E-state index contributed by atoms with van der Waals surface area (Å²) in [6, 6.07) is 4.83. The fraction of sp³-hybridized carbons (Fsp3) is 0.615. The third kappa shape index (κ3) is 4.73. The second-order valence-corrected chi connectivity index (χ2v) is 10.6. The Morgan fingerprint density at radius 3 is 2.63 bits per heavy atom. The molecule has 0 aromatic carbocycles. The van der Waals surface area contributed by atoms with Crippen molar-refractivity contribution in [3.05, 3.63) is 29.6 Å². The van der Waals surface area contributed by atoms with Crippen LogP contribution in [-0.2, 0) is 9.53 Å². The van der Waals surface area contributed by atoms with Crippen LogP contribution in [-0.4, -0.2) is 62.8 Å². The Labute approximate surface area is 206 Å². The lowest BCUT2D eigenvalue weighted by molar-refractivity contribution is -0.141. The maximum absolute atomic E-state index is 13.1. The molecule has 2 N–H and O–H groups in total. The summed E-state index contributed by atoms with van der Waals surface area (Å²) in [4.78, 5) is 27.3. The van der Waals surface area contributed by atoms with Gasteiger partial charge in [-0.25, -0.2) is 4.98 Å². The van der Waals surface area contributed by atoms with Crippen molar-refractivity contribution in [2.24, 2.45) is 5.92 Å². The lowest BCUT2D eigenvalue weighted by Gasteiger charge is -2.50. The number of aromatic amines is 1. The molecule has 1 unspecified atom stereocenters. The van der Waals surface area contributed by atoms with Crippen molar-refractivity contribution in [1.29, 1.82) is 0 Å². The number of H-pyrrole nitrogens is 1. The van der Waals surface area contributed by atoms with Crippen LogP contribution in [0.3, 0.4) is 0 Å². The van der Waals surface area contributed by atoms with Crippen molar-refractivity contribution >= 4 is 29.3 Å². The van der Waals surface area contributed by atoms with E-state index in [0.29, 0.717) is 48.3 Å². The largest absolute Gasteiger partial charge is 0.491 e. The van der Waals surface area contributed by atoms with E-state index in [2.05, 4.69) is 38.4 Å². The number of nitrogens with one attached hydrogen (secondary N) is 2. The first-order chi connectivity index (χ1) is 17.0. The van der Waals surface area contributed by atoms with Gasteiger partial charge in [0.2, 0.25) is 11.9 Å². The average molecular weight is 478 g/mol. The molecule has 0 spiro atoms. The summed E-state index contributed by atoms with van der Waals surface area (Å²) in [6.07, 6.45) is 11.5. The van der Waals surface area contributed by atoms with Gasteiger partial charge >= 0.3 is 0 Å². The van der Waals surface area contributed by atoms with Crippen LogP contribution >= 0.6 is 0 Å². The number of nitrogens with zero attached hydrogens (tertiary/aromatic N) is 5. The van der Waals surface area contributed by atoms with E-state index in [1.807, 2.05) is 19.1 Å². The maximum atomic E-state index is 13.1. The predicted octanol–water partition coefficient (Wildman–Crippen LogP) is 4.16. The minimum Gasteiger partial charge on any atom is -0.491 e. The SMILES string of the molecule is Cc1cc(Nc2cc(C3=CCCO3)nc(N(C)C3C[C@H]4CCC[C@@H](C3)N4C(=O)CC3CC3)n2)n[nH]1. The van der Waals surface area contributed by atoms with Crippen LogP contribution in [0.2, 0.25) is 0 Å². The predicted molar refractivity (Wildman–Crippen MR) is 134 cm³/mol. The lowest BCUT2D eigenvalue weighted by atomic mass is 9.81. The van der Waals surface area contributed by atoms with E-state index in [0.717, 1.165) is 61.5 Å². The highest BCUT2D eigenvalue weighted by Gasteiger charge is 2.43. The molecule has 2 saturated heterocycles. The molecule has 2 bridgehead atoms. The summed E-state index contributed by atoms with van der Waals surface area (Å²) in [5, 5.41) is 10.6. The number of hydrogen-bond donors (Lipinski definition) is 2. The van der Waals surface area contributed by atoms with Crippen LogP contribution in [0.5, 0.6) is 0 Å². The Balaban J connectivity index is 1.24. The molecule has 1 aliphatic carbocycles. The van der Waals surface area contributed by atoms with Crippen molar-refractivity contribution in [2.75, 3.05) is 23.9 Å². The van der Waals surface area contributed by atoms with Gasteiger partial charge in [-0.15, -0.1) is 0 Å². The minimum absolute atomic E-state index is 0.296. The third-order valence-corrected chi connectivity index (χ3v) is 7.90. The van der Waals surface area contributed by atoms with Gasteiger partial charge in [-0.2, -0.15) is 10.1 Å². The van der Waals surface area contributed by atoms with Crippen molar-refractivity contribution < 1.29 is 9.53 Å².